The minimum absolute atomic E-state index is 0.189. The SMILES string of the molecule is CC(C)Cc1cn(CC(C)CNCCO)nn1. The number of hydrogen-bond donors (Lipinski definition) is 2. The molecule has 0 aliphatic carbocycles. The van der Waals surface area contributed by atoms with Crippen LogP contribution in [0.25, 0.3) is 0 Å². The van der Waals surface area contributed by atoms with Crippen molar-refractivity contribution in [2.45, 2.75) is 33.7 Å². The molecular weight excluding hydrogens is 216 g/mol. The van der Waals surface area contributed by atoms with Gasteiger partial charge in [0, 0.05) is 19.3 Å². The topological polar surface area (TPSA) is 63.0 Å². The Morgan fingerprint density at radius 1 is 1.41 bits per heavy atom. The first-order valence-corrected chi connectivity index (χ1v) is 6.32. The lowest BCUT2D eigenvalue weighted by atomic mass is 10.1. The second-order valence-corrected chi connectivity index (χ2v) is 5.06. The van der Waals surface area contributed by atoms with Gasteiger partial charge in [-0.15, -0.1) is 5.10 Å². The molecule has 0 spiro atoms. The molecule has 5 nitrogen and oxygen atoms in total. The molecule has 1 unspecified atom stereocenters. The summed E-state index contributed by atoms with van der Waals surface area (Å²) in [5.74, 6) is 1.10. The highest BCUT2D eigenvalue weighted by molar-refractivity contribution is 4.93. The minimum atomic E-state index is 0.189. The lowest BCUT2D eigenvalue weighted by molar-refractivity contribution is 0.286. The third-order valence-corrected chi connectivity index (χ3v) is 2.48. The van der Waals surface area contributed by atoms with E-state index in [2.05, 4.69) is 36.4 Å². The Kier molecular flexibility index (Phi) is 6.15. The minimum Gasteiger partial charge on any atom is -0.395 e. The summed E-state index contributed by atoms with van der Waals surface area (Å²) in [4.78, 5) is 0. The quantitative estimate of drug-likeness (QED) is 0.656. The number of aliphatic hydroxyl groups is 1. The Labute approximate surface area is 103 Å². The van der Waals surface area contributed by atoms with Gasteiger partial charge in [-0.1, -0.05) is 26.0 Å². The van der Waals surface area contributed by atoms with Gasteiger partial charge in [-0.2, -0.15) is 0 Å². The predicted octanol–water partition coefficient (Wildman–Crippen LogP) is 0.695. The van der Waals surface area contributed by atoms with Crippen LogP contribution in [-0.2, 0) is 13.0 Å². The summed E-state index contributed by atoms with van der Waals surface area (Å²) in [7, 11) is 0. The Balaban J connectivity index is 2.32. The van der Waals surface area contributed by atoms with Gasteiger partial charge in [0.25, 0.3) is 0 Å². The van der Waals surface area contributed by atoms with Gasteiger partial charge in [0.1, 0.15) is 0 Å². The fourth-order valence-electron chi connectivity index (χ4n) is 1.75. The Hall–Kier alpha value is -0.940. The van der Waals surface area contributed by atoms with Gasteiger partial charge in [-0.3, -0.25) is 4.68 Å². The molecule has 0 fully saturated rings. The van der Waals surface area contributed by atoms with Crippen molar-refractivity contribution in [2.75, 3.05) is 19.7 Å². The molecule has 1 aromatic heterocycles. The number of aliphatic hydroxyl groups excluding tert-OH is 1. The second kappa shape index (κ2) is 7.40. The fraction of sp³-hybridized carbons (Fsp3) is 0.833. The normalized spacial score (nSPS) is 13.2. The third-order valence-electron chi connectivity index (χ3n) is 2.48. The smallest absolute Gasteiger partial charge is 0.0829 e. The molecule has 0 aromatic carbocycles. The summed E-state index contributed by atoms with van der Waals surface area (Å²) in [5.41, 5.74) is 1.07. The summed E-state index contributed by atoms with van der Waals surface area (Å²) in [6, 6.07) is 0. The molecule has 1 aromatic rings. The zero-order chi connectivity index (χ0) is 12.7. The maximum absolute atomic E-state index is 8.67. The number of rotatable bonds is 8. The third kappa shape index (κ3) is 5.79. The molecule has 0 aliphatic rings. The van der Waals surface area contributed by atoms with Crippen LogP contribution in [0.2, 0.25) is 0 Å². The van der Waals surface area contributed by atoms with Gasteiger partial charge in [0.05, 0.1) is 12.3 Å². The second-order valence-electron chi connectivity index (χ2n) is 5.06. The molecule has 0 aliphatic heterocycles. The molecule has 0 saturated heterocycles. The van der Waals surface area contributed by atoms with Gasteiger partial charge >= 0.3 is 0 Å². The molecule has 2 N–H and O–H groups in total. The summed E-state index contributed by atoms with van der Waals surface area (Å²) in [6.45, 7) is 9.12. The predicted molar refractivity (Wildman–Crippen MR) is 67.7 cm³/mol. The van der Waals surface area contributed by atoms with Crippen LogP contribution in [0.15, 0.2) is 6.20 Å². The van der Waals surface area contributed by atoms with Crippen LogP contribution >= 0.6 is 0 Å². The van der Waals surface area contributed by atoms with Crippen molar-refractivity contribution in [3.05, 3.63) is 11.9 Å². The van der Waals surface area contributed by atoms with Crippen LogP contribution < -0.4 is 5.32 Å². The first-order valence-electron chi connectivity index (χ1n) is 6.32. The van der Waals surface area contributed by atoms with Gasteiger partial charge in [-0.25, -0.2) is 0 Å². The Morgan fingerprint density at radius 3 is 2.82 bits per heavy atom. The van der Waals surface area contributed by atoms with Crippen molar-refractivity contribution >= 4 is 0 Å². The average molecular weight is 240 g/mol. The van der Waals surface area contributed by atoms with Crippen molar-refractivity contribution < 1.29 is 5.11 Å². The molecule has 0 bridgehead atoms. The molecule has 0 radical (unpaired) electrons. The van der Waals surface area contributed by atoms with Crippen molar-refractivity contribution in [1.82, 2.24) is 20.3 Å². The van der Waals surface area contributed by atoms with Gasteiger partial charge < -0.3 is 10.4 Å². The standard InChI is InChI=1S/C12H24N4O/c1-10(2)6-12-9-16(15-14-12)8-11(3)7-13-4-5-17/h9-11,13,17H,4-8H2,1-3H3. The van der Waals surface area contributed by atoms with Gasteiger partial charge in [-0.05, 0) is 24.8 Å². The highest BCUT2D eigenvalue weighted by atomic mass is 16.3. The maximum Gasteiger partial charge on any atom is 0.0829 e. The maximum atomic E-state index is 8.67. The van der Waals surface area contributed by atoms with E-state index in [0.717, 1.165) is 25.2 Å². The molecular formula is C12H24N4O. The van der Waals surface area contributed by atoms with Gasteiger partial charge in [0.15, 0.2) is 0 Å². The molecule has 1 atom stereocenters. The summed E-state index contributed by atoms with van der Waals surface area (Å²) in [5, 5.41) is 20.1. The van der Waals surface area contributed by atoms with Crippen LogP contribution in [0.5, 0.6) is 0 Å². The Morgan fingerprint density at radius 2 is 2.18 bits per heavy atom. The molecule has 17 heavy (non-hydrogen) atoms. The van der Waals surface area contributed by atoms with Crippen molar-refractivity contribution in [1.29, 1.82) is 0 Å². The van der Waals surface area contributed by atoms with Crippen molar-refractivity contribution in [3.8, 4) is 0 Å². The molecule has 5 heteroatoms. The van der Waals surface area contributed by atoms with E-state index in [9.17, 15) is 0 Å². The molecule has 1 rings (SSSR count). The molecule has 0 saturated carbocycles. The van der Waals surface area contributed by atoms with E-state index in [1.807, 2.05) is 10.9 Å². The van der Waals surface area contributed by atoms with E-state index >= 15 is 0 Å². The van der Waals surface area contributed by atoms with E-state index < -0.39 is 0 Å². The highest BCUT2D eigenvalue weighted by Gasteiger charge is 2.06. The largest absolute Gasteiger partial charge is 0.395 e. The van der Waals surface area contributed by atoms with Crippen LogP contribution in [0.1, 0.15) is 26.5 Å². The number of nitrogens with zero attached hydrogens (tertiary/aromatic N) is 3. The Bertz CT molecular complexity index is 311. The number of hydrogen-bond acceptors (Lipinski definition) is 4. The van der Waals surface area contributed by atoms with Gasteiger partial charge in [0.2, 0.25) is 0 Å². The molecule has 1 heterocycles. The first kappa shape index (κ1) is 14.1. The van der Waals surface area contributed by atoms with E-state index in [-0.39, 0.29) is 6.61 Å². The summed E-state index contributed by atoms with van der Waals surface area (Å²) < 4.78 is 1.91. The van der Waals surface area contributed by atoms with E-state index in [4.69, 9.17) is 5.11 Å². The van der Waals surface area contributed by atoms with E-state index in [1.54, 1.807) is 0 Å². The first-order chi connectivity index (χ1) is 8.11. The van der Waals surface area contributed by atoms with Crippen LogP contribution in [0.3, 0.4) is 0 Å². The van der Waals surface area contributed by atoms with Crippen molar-refractivity contribution in [3.63, 3.8) is 0 Å². The van der Waals surface area contributed by atoms with E-state index in [1.165, 1.54) is 0 Å². The zero-order valence-electron chi connectivity index (χ0n) is 11.1. The molecule has 98 valence electrons. The average Bonchev–Trinajstić information content (AvgIpc) is 2.64. The summed E-state index contributed by atoms with van der Waals surface area (Å²) >= 11 is 0. The fourth-order valence-corrected chi connectivity index (χ4v) is 1.75. The molecule has 0 amide bonds. The summed E-state index contributed by atoms with van der Waals surface area (Å²) in [6.07, 6.45) is 3.01. The van der Waals surface area contributed by atoms with E-state index in [0.29, 0.717) is 18.4 Å². The lowest BCUT2D eigenvalue weighted by Gasteiger charge is -2.11. The highest BCUT2D eigenvalue weighted by Crippen LogP contribution is 2.05. The van der Waals surface area contributed by atoms with Crippen molar-refractivity contribution in [2.24, 2.45) is 11.8 Å². The number of aromatic nitrogens is 3. The van der Waals surface area contributed by atoms with Crippen LogP contribution in [0, 0.1) is 11.8 Å². The monoisotopic (exact) mass is 240 g/mol. The number of nitrogens with one attached hydrogen (secondary N) is 1. The lowest BCUT2D eigenvalue weighted by Crippen LogP contribution is -2.26. The van der Waals surface area contributed by atoms with Crippen LogP contribution in [0.4, 0.5) is 0 Å². The zero-order valence-corrected chi connectivity index (χ0v) is 11.1. The van der Waals surface area contributed by atoms with Crippen LogP contribution in [-0.4, -0.2) is 39.8 Å².